The summed E-state index contributed by atoms with van der Waals surface area (Å²) in [5.74, 6) is -0.775. The smallest absolute Gasteiger partial charge is 0.233 e. The molecular formula is C13H8O2. The molecular weight excluding hydrogens is 188 g/mol. The number of hydrogen-bond acceptors (Lipinski definition) is 2. The maximum absolute atomic E-state index is 11.7. The molecule has 0 heterocycles. The van der Waals surface area contributed by atoms with Crippen molar-refractivity contribution < 1.29 is 9.59 Å². The normalized spacial score (nSPS) is 18.1. The highest BCUT2D eigenvalue weighted by Crippen LogP contribution is 2.35. The number of carbonyl (C=O) groups is 2. The van der Waals surface area contributed by atoms with Crippen molar-refractivity contribution in [3.63, 3.8) is 0 Å². The molecule has 0 N–H and O–H groups in total. The molecule has 1 aromatic rings. The molecule has 0 saturated heterocycles. The van der Waals surface area contributed by atoms with Crippen LogP contribution in [0.5, 0.6) is 0 Å². The van der Waals surface area contributed by atoms with E-state index in [0.29, 0.717) is 5.57 Å². The Bertz CT molecular complexity index is 547. The number of ketones is 2. The lowest BCUT2D eigenvalue weighted by Crippen LogP contribution is -2.15. The van der Waals surface area contributed by atoms with Gasteiger partial charge in [0.2, 0.25) is 11.6 Å². The van der Waals surface area contributed by atoms with Gasteiger partial charge in [-0.05, 0) is 29.2 Å². The number of allylic oxidation sites excluding steroid dienone is 4. The maximum Gasteiger partial charge on any atom is 0.233 e. The van der Waals surface area contributed by atoms with E-state index in [1.54, 1.807) is 6.08 Å². The van der Waals surface area contributed by atoms with Crippen molar-refractivity contribution in [2.24, 2.45) is 0 Å². The molecule has 0 amide bonds. The van der Waals surface area contributed by atoms with E-state index in [1.165, 1.54) is 6.08 Å². The van der Waals surface area contributed by atoms with Crippen LogP contribution in [-0.4, -0.2) is 11.6 Å². The van der Waals surface area contributed by atoms with Crippen LogP contribution in [0.3, 0.4) is 0 Å². The molecule has 2 aliphatic rings. The van der Waals surface area contributed by atoms with Gasteiger partial charge in [-0.1, -0.05) is 30.3 Å². The fourth-order valence-corrected chi connectivity index (χ4v) is 2.17. The van der Waals surface area contributed by atoms with E-state index >= 15 is 0 Å². The Labute approximate surface area is 86.9 Å². The van der Waals surface area contributed by atoms with Gasteiger partial charge in [-0.25, -0.2) is 0 Å². The standard InChI is InChI=1S/C13H8O2/c14-11-6-5-9-7-8-3-1-2-4-10(8)12(9)13(11)15/h1-6H,7H2. The SMILES string of the molecule is O=C1C=CC2=C(C1=O)c1ccccc1C2. The van der Waals surface area contributed by atoms with Crippen molar-refractivity contribution in [3.05, 3.63) is 53.1 Å². The fourth-order valence-electron chi connectivity index (χ4n) is 2.17. The molecule has 2 nitrogen and oxygen atoms in total. The number of hydrogen-bond donors (Lipinski definition) is 0. The van der Waals surface area contributed by atoms with E-state index in [-0.39, 0.29) is 5.78 Å². The minimum absolute atomic E-state index is 0.363. The molecule has 3 rings (SSSR count). The molecule has 0 saturated carbocycles. The molecule has 0 bridgehead atoms. The zero-order valence-electron chi connectivity index (χ0n) is 7.99. The van der Waals surface area contributed by atoms with Crippen LogP contribution in [0.4, 0.5) is 0 Å². The summed E-state index contributed by atoms with van der Waals surface area (Å²) in [5.41, 5.74) is 3.64. The first-order valence-corrected chi connectivity index (χ1v) is 4.85. The predicted molar refractivity (Wildman–Crippen MR) is 56.2 cm³/mol. The summed E-state index contributed by atoms with van der Waals surface area (Å²) >= 11 is 0. The molecule has 15 heavy (non-hydrogen) atoms. The van der Waals surface area contributed by atoms with Crippen molar-refractivity contribution in [3.8, 4) is 0 Å². The number of Topliss-reactive ketones (excluding diaryl/α,β-unsaturated/α-hetero) is 1. The fraction of sp³-hybridized carbons (Fsp3) is 0.0769. The minimum Gasteiger partial charge on any atom is -0.286 e. The van der Waals surface area contributed by atoms with Gasteiger partial charge in [-0.15, -0.1) is 0 Å². The van der Waals surface area contributed by atoms with Gasteiger partial charge in [0.05, 0.1) is 0 Å². The number of fused-ring (bicyclic) bond motifs is 2. The summed E-state index contributed by atoms with van der Waals surface area (Å²) in [6.07, 6.45) is 3.90. The van der Waals surface area contributed by atoms with E-state index in [0.717, 1.165) is 23.1 Å². The molecule has 0 unspecified atom stereocenters. The molecule has 0 fully saturated rings. The zero-order chi connectivity index (χ0) is 10.4. The van der Waals surface area contributed by atoms with Crippen LogP contribution < -0.4 is 0 Å². The summed E-state index contributed by atoms with van der Waals surface area (Å²) in [7, 11) is 0. The van der Waals surface area contributed by atoms with Crippen LogP contribution >= 0.6 is 0 Å². The average Bonchev–Trinajstić information content (AvgIpc) is 2.62. The molecule has 0 spiro atoms. The molecule has 2 aliphatic carbocycles. The van der Waals surface area contributed by atoms with Gasteiger partial charge in [-0.3, -0.25) is 9.59 Å². The van der Waals surface area contributed by atoms with Gasteiger partial charge < -0.3 is 0 Å². The molecule has 0 aliphatic heterocycles. The Balaban J connectivity index is 2.24. The van der Waals surface area contributed by atoms with Gasteiger partial charge in [0, 0.05) is 5.57 Å². The second-order valence-corrected chi connectivity index (χ2v) is 3.76. The Morgan fingerprint density at radius 1 is 1.00 bits per heavy atom. The average molecular weight is 196 g/mol. The van der Waals surface area contributed by atoms with Crippen LogP contribution in [-0.2, 0) is 16.0 Å². The van der Waals surface area contributed by atoms with E-state index in [9.17, 15) is 9.59 Å². The Hall–Kier alpha value is -1.96. The molecule has 0 atom stereocenters. The topological polar surface area (TPSA) is 34.1 Å². The summed E-state index contributed by atoms with van der Waals surface area (Å²) in [4.78, 5) is 23.0. The summed E-state index contributed by atoms with van der Waals surface area (Å²) in [6.45, 7) is 0. The quantitative estimate of drug-likeness (QED) is 0.467. The lowest BCUT2D eigenvalue weighted by atomic mass is 9.95. The van der Waals surface area contributed by atoms with Gasteiger partial charge in [0.25, 0.3) is 0 Å². The number of benzene rings is 1. The Kier molecular flexibility index (Phi) is 1.54. The first-order chi connectivity index (χ1) is 7.27. The van der Waals surface area contributed by atoms with Crippen molar-refractivity contribution in [2.75, 3.05) is 0 Å². The number of rotatable bonds is 0. The molecule has 0 radical (unpaired) electrons. The lowest BCUT2D eigenvalue weighted by molar-refractivity contribution is -0.130. The van der Waals surface area contributed by atoms with Gasteiger partial charge in [0.1, 0.15) is 0 Å². The largest absolute Gasteiger partial charge is 0.286 e. The molecule has 2 heteroatoms. The third-order valence-electron chi connectivity index (χ3n) is 2.88. The van der Waals surface area contributed by atoms with Crippen molar-refractivity contribution in [2.45, 2.75) is 6.42 Å². The monoisotopic (exact) mass is 196 g/mol. The van der Waals surface area contributed by atoms with Crippen LogP contribution in [0, 0.1) is 0 Å². The van der Waals surface area contributed by atoms with Crippen LogP contribution in [0.15, 0.2) is 42.0 Å². The molecule has 1 aromatic carbocycles. The number of carbonyl (C=O) groups excluding carboxylic acids is 2. The second kappa shape index (κ2) is 2.76. The summed E-state index contributed by atoms with van der Waals surface area (Å²) in [6, 6.07) is 7.75. The highest BCUT2D eigenvalue weighted by Gasteiger charge is 2.30. The van der Waals surface area contributed by atoms with Gasteiger partial charge in [-0.2, -0.15) is 0 Å². The predicted octanol–water partition coefficient (Wildman–Crippen LogP) is 1.70. The van der Waals surface area contributed by atoms with Crippen molar-refractivity contribution in [1.29, 1.82) is 0 Å². The lowest BCUT2D eigenvalue weighted by Gasteiger charge is -2.06. The Morgan fingerprint density at radius 2 is 1.80 bits per heavy atom. The summed E-state index contributed by atoms with van der Waals surface area (Å²) < 4.78 is 0. The summed E-state index contributed by atoms with van der Waals surface area (Å²) in [5, 5.41) is 0. The maximum atomic E-state index is 11.7. The van der Waals surface area contributed by atoms with Crippen LogP contribution in [0.2, 0.25) is 0 Å². The van der Waals surface area contributed by atoms with Crippen LogP contribution in [0.1, 0.15) is 11.1 Å². The first kappa shape index (κ1) is 8.36. The molecule has 72 valence electrons. The Morgan fingerprint density at radius 3 is 2.67 bits per heavy atom. The highest BCUT2D eigenvalue weighted by atomic mass is 16.2. The van der Waals surface area contributed by atoms with Gasteiger partial charge in [0.15, 0.2) is 0 Å². The van der Waals surface area contributed by atoms with Crippen molar-refractivity contribution in [1.82, 2.24) is 0 Å². The third kappa shape index (κ3) is 1.05. The second-order valence-electron chi connectivity index (χ2n) is 3.76. The van der Waals surface area contributed by atoms with E-state index in [4.69, 9.17) is 0 Å². The van der Waals surface area contributed by atoms with E-state index in [1.807, 2.05) is 24.3 Å². The van der Waals surface area contributed by atoms with E-state index in [2.05, 4.69) is 0 Å². The van der Waals surface area contributed by atoms with E-state index < -0.39 is 5.78 Å². The minimum atomic E-state index is -0.412. The first-order valence-electron chi connectivity index (χ1n) is 4.85. The highest BCUT2D eigenvalue weighted by molar-refractivity contribution is 6.58. The van der Waals surface area contributed by atoms with Crippen LogP contribution in [0.25, 0.3) is 5.57 Å². The third-order valence-corrected chi connectivity index (χ3v) is 2.88. The molecule has 0 aromatic heterocycles. The zero-order valence-corrected chi connectivity index (χ0v) is 7.99. The van der Waals surface area contributed by atoms with Crippen molar-refractivity contribution >= 4 is 17.1 Å². The van der Waals surface area contributed by atoms with Gasteiger partial charge >= 0.3 is 0 Å².